The summed E-state index contributed by atoms with van der Waals surface area (Å²) in [7, 11) is 0. The largest absolute Gasteiger partial charge is 0.480 e. The molecule has 5 heteroatoms. The van der Waals surface area contributed by atoms with Gasteiger partial charge in [0.15, 0.2) is 0 Å². The molecular weight excluding hydrogens is 198 g/mol. The van der Waals surface area contributed by atoms with E-state index in [1.165, 1.54) is 12.8 Å². The van der Waals surface area contributed by atoms with Crippen LogP contribution in [0.3, 0.4) is 0 Å². The zero-order chi connectivity index (χ0) is 10.7. The molecule has 2 fully saturated rings. The van der Waals surface area contributed by atoms with Crippen LogP contribution < -0.4 is 5.32 Å². The first-order valence-electron chi connectivity index (χ1n) is 5.40. The summed E-state index contributed by atoms with van der Waals surface area (Å²) in [6.45, 7) is 1.88. The van der Waals surface area contributed by atoms with Gasteiger partial charge in [0.1, 0.15) is 0 Å². The van der Waals surface area contributed by atoms with Gasteiger partial charge in [-0.15, -0.1) is 0 Å². The normalized spacial score (nSPS) is 30.7. The smallest absolute Gasteiger partial charge is 0.317 e. The van der Waals surface area contributed by atoms with Crippen LogP contribution in [-0.2, 0) is 14.3 Å². The molecule has 1 saturated heterocycles. The number of hydrogen-bond acceptors (Lipinski definition) is 4. The number of carboxylic acids is 1. The van der Waals surface area contributed by atoms with E-state index in [4.69, 9.17) is 14.6 Å². The van der Waals surface area contributed by atoms with Gasteiger partial charge in [-0.3, -0.25) is 10.1 Å². The molecule has 1 saturated carbocycles. The molecular formula is C10H17NO4. The highest BCUT2D eigenvalue weighted by Gasteiger charge is 2.31. The number of ether oxygens (including phenoxy) is 2. The number of carbonyl (C=O) groups is 1. The molecule has 15 heavy (non-hydrogen) atoms. The van der Waals surface area contributed by atoms with Crippen molar-refractivity contribution in [2.24, 2.45) is 5.92 Å². The Labute approximate surface area is 88.7 Å². The van der Waals surface area contributed by atoms with Gasteiger partial charge in [-0.1, -0.05) is 0 Å². The minimum absolute atomic E-state index is 0.0185. The van der Waals surface area contributed by atoms with Crippen LogP contribution in [0.4, 0.5) is 0 Å². The molecule has 0 bridgehead atoms. The third-order valence-electron chi connectivity index (χ3n) is 2.79. The summed E-state index contributed by atoms with van der Waals surface area (Å²) < 4.78 is 11.0. The molecule has 1 aliphatic carbocycles. The lowest BCUT2D eigenvalue weighted by Gasteiger charge is -2.18. The molecule has 1 heterocycles. The first-order valence-corrected chi connectivity index (χ1v) is 5.40. The minimum atomic E-state index is -0.845. The molecule has 2 atom stereocenters. The molecule has 0 aromatic rings. The molecule has 0 radical (unpaired) electrons. The van der Waals surface area contributed by atoms with Crippen LogP contribution in [0.2, 0.25) is 0 Å². The predicted molar refractivity (Wildman–Crippen MR) is 52.7 cm³/mol. The lowest BCUT2D eigenvalue weighted by atomic mass is 10.2. The number of carboxylic acid groups (broad SMARTS) is 1. The van der Waals surface area contributed by atoms with Crippen molar-refractivity contribution in [3.63, 3.8) is 0 Å². The summed E-state index contributed by atoms with van der Waals surface area (Å²) in [5.74, 6) is -0.117. The van der Waals surface area contributed by atoms with Gasteiger partial charge in [-0.2, -0.15) is 0 Å². The average molecular weight is 215 g/mol. The average Bonchev–Trinajstić information content (AvgIpc) is 2.92. The van der Waals surface area contributed by atoms with Crippen LogP contribution in [0, 0.1) is 5.92 Å². The first kappa shape index (κ1) is 10.9. The predicted octanol–water partition coefficient (Wildman–Crippen LogP) is -0.145. The van der Waals surface area contributed by atoms with Crippen molar-refractivity contribution in [3.8, 4) is 0 Å². The maximum absolute atomic E-state index is 10.4. The Morgan fingerprint density at radius 2 is 2.27 bits per heavy atom. The zero-order valence-corrected chi connectivity index (χ0v) is 8.65. The molecule has 0 spiro atoms. The summed E-state index contributed by atoms with van der Waals surface area (Å²) in [5, 5.41) is 11.5. The fourth-order valence-corrected chi connectivity index (χ4v) is 1.65. The van der Waals surface area contributed by atoms with Crippen LogP contribution in [-0.4, -0.2) is 49.6 Å². The molecule has 1 aliphatic heterocycles. The monoisotopic (exact) mass is 215 g/mol. The molecule has 5 nitrogen and oxygen atoms in total. The molecule has 2 N–H and O–H groups in total. The van der Waals surface area contributed by atoms with Gasteiger partial charge >= 0.3 is 5.97 Å². The molecule has 0 amide bonds. The van der Waals surface area contributed by atoms with Crippen LogP contribution in [0.5, 0.6) is 0 Å². The van der Waals surface area contributed by atoms with Gasteiger partial charge in [-0.05, 0) is 18.8 Å². The van der Waals surface area contributed by atoms with Gasteiger partial charge < -0.3 is 14.6 Å². The van der Waals surface area contributed by atoms with E-state index in [0.717, 1.165) is 12.5 Å². The molecule has 2 aliphatic rings. The highest BCUT2D eigenvalue weighted by atomic mass is 16.5. The number of nitrogens with one attached hydrogen (secondary N) is 1. The topological polar surface area (TPSA) is 67.8 Å². The second-order valence-electron chi connectivity index (χ2n) is 4.23. The third kappa shape index (κ3) is 3.44. The highest BCUT2D eigenvalue weighted by Crippen LogP contribution is 2.29. The quantitative estimate of drug-likeness (QED) is 0.645. The van der Waals surface area contributed by atoms with Crippen molar-refractivity contribution in [1.82, 2.24) is 5.32 Å². The van der Waals surface area contributed by atoms with Crippen molar-refractivity contribution in [1.29, 1.82) is 0 Å². The van der Waals surface area contributed by atoms with Crippen LogP contribution in [0.1, 0.15) is 12.8 Å². The maximum atomic E-state index is 10.4. The van der Waals surface area contributed by atoms with Crippen molar-refractivity contribution in [2.75, 3.05) is 26.4 Å². The third-order valence-corrected chi connectivity index (χ3v) is 2.79. The summed E-state index contributed by atoms with van der Waals surface area (Å²) in [6, 6.07) is 0.0276. The van der Waals surface area contributed by atoms with Gasteiger partial charge in [0.25, 0.3) is 0 Å². The van der Waals surface area contributed by atoms with Gasteiger partial charge in [0, 0.05) is 6.61 Å². The Hall–Kier alpha value is -0.650. The van der Waals surface area contributed by atoms with E-state index in [-0.39, 0.29) is 18.7 Å². The van der Waals surface area contributed by atoms with E-state index in [9.17, 15) is 4.79 Å². The Morgan fingerprint density at radius 3 is 2.93 bits per heavy atom. The second-order valence-corrected chi connectivity index (χ2v) is 4.23. The van der Waals surface area contributed by atoms with Crippen LogP contribution >= 0.6 is 0 Å². The van der Waals surface area contributed by atoms with Crippen LogP contribution in [0.15, 0.2) is 0 Å². The first-order chi connectivity index (χ1) is 7.25. The molecule has 0 unspecified atom stereocenters. The highest BCUT2D eigenvalue weighted by molar-refractivity contribution is 5.69. The Balaban J connectivity index is 1.68. The summed E-state index contributed by atoms with van der Waals surface area (Å²) in [6.07, 6.45) is 2.55. The van der Waals surface area contributed by atoms with E-state index in [1.807, 2.05) is 0 Å². The van der Waals surface area contributed by atoms with Gasteiger partial charge in [0.2, 0.25) is 0 Å². The molecule has 86 valence electrons. The van der Waals surface area contributed by atoms with Crippen molar-refractivity contribution < 1.29 is 19.4 Å². The van der Waals surface area contributed by atoms with Gasteiger partial charge in [-0.25, -0.2) is 0 Å². The maximum Gasteiger partial charge on any atom is 0.317 e. The molecule has 0 aromatic heterocycles. The fourth-order valence-electron chi connectivity index (χ4n) is 1.65. The summed E-state index contributed by atoms with van der Waals surface area (Å²) in [4.78, 5) is 10.4. The number of aliphatic carboxylic acids is 1. The van der Waals surface area contributed by atoms with Crippen LogP contribution in [0.25, 0.3) is 0 Å². The minimum Gasteiger partial charge on any atom is -0.480 e. The van der Waals surface area contributed by atoms with E-state index >= 15 is 0 Å². The van der Waals surface area contributed by atoms with E-state index in [1.54, 1.807) is 0 Å². The SMILES string of the molecule is O=C(O)CN[C@H]1COC[C@@H]1OCC1CC1. The lowest BCUT2D eigenvalue weighted by molar-refractivity contribution is -0.136. The standard InChI is InChI=1S/C10H17NO4/c12-10(13)3-11-8-5-14-6-9(8)15-4-7-1-2-7/h7-9,11H,1-6H2,(H,12,13)/t8-,9-/m0/s1. The summed E-state index contributed by atoms with van der Waals surface area (Å²) >= 11 is 0. The Bertz CT molecular complexity index is 229. The van der Waals surface area contributed by atoms with E-state index in [0.29, 0.717) is 13.2 Å². The second kappa shape index (κ2) is 4.92. The Morgan fingerprint density at radius 1 is 1.47 bits per heavy atom. The molecule has 2 rings (SSSR count). The fraction of sp³-hybridized carbons (Fsp3) is 0.900. The lowest BCUT2D eigenvalue weighted by Crippen LogP contribution is -2.43. The van der Waals surface area contributed by atoms with E-state index in [2.05, 4.69) is 5.32 Å². The van der Waals surface area contributed by atoms with Crippen molar-refractivity contribution in [3.05, 3.63) is 0 Å². The van der Waals surface area contributed by atoms with Crippen molar-refractivity contribution >= 4 is 5.97 Å². The summed E-state index contributed by atoms with van der Waals surface area (Å²) in [5.41, 5.74) is 0. The van der Waals surface area contributed by atoms with E-state index < -0.39 is 5.97 Å². The Kier molecular flexibility index (Phi) is 3.56. The number of hydrogen-bond donors (Lipinski definition) is 2. The van der Waals surface area contributed by atoms with Gasteiger partial charge in [0.05, 0.1) is 31.9 Å². The van der Waals surface area contributed by atoms with Crippen molar-refractivity contribution in [2.45, 2.75) is 25.0 Å². The molecule has 0 aromatic carbocycles. The zero-order valence-electron chi connectivity index (χ0n) is 8.65. The number of rotatable bonds is 6.